The van der Waals surface area contributed by atoms with Crippen LogP contribution in [0.1, 0.15) is 28.3 Å². The smallest absolute Gasteiger partial charge is 0.262 e. The minimum atomic E-state index is -0.147. The molecule has 5 heteroatoms. The van der Waals surface area contributed by atoms with Gasteiger partial charge in [-0.15, -0.1) is 11.3 Å². The number of rotatable bonds is 3. The third kappa shape index (κ3) is 2.77. The number of hydrogen-bond acceptors (Lipinski definition) is 3. The highest BCUT2D eigenvalue weighted by Crippen LogP contribution is 2.43. The second kappa shape index (κ2) is 6.65. The molecule has 3 nitrogen and oxygen atoms in total. The van der Waals surface area contributed by atoms with Gasteiger partial charge in [-0.25, -0.2) is 0 Å². The number of hydrogen-bond donors (Lipinski definition) is 0. The summed E-state index contributed by atoms with van der Waals surface area (Å²) in [5.41, 5.74) is 2.66. The van der Waals surface area contributed by atoms with Crippen molar-refractivity contribution in [3.8, 4) is 0 Å². The fraction of sp³-hybridized carbons (Fsp3) is 0.150. The van der Waals surface area contributed by atoms with Crippen molar-refractivity contribution in [1.82, 2.24) is 0 Å². The Bertz CT molecular complexity index is 909. The largest absolute Gasteiger partial charge is 0.346 e. The van der Waals surface area contributed by atoms with E-state index in [1.54, 1.807) is 11.3 Å². The van der Waals surface area contributed by atoms with E-state index in [4.69, 9.17) is 0 Å². The summed E-state index contributed by atoms with van der Waals surface area (Å²) in [6.07, 6.45) is -0.147. The van der Waals surface area contributed by atoms with E-state index in [9.17, 15) is 4.79 Å². The molecule has 0 fully saturated rings. The first kappa shape index (κ1) is 16.4. The van der Waals surface area contributed by atoms with Crippen molar-refractivity contribution in [2.45, 2.75) is 13.1 Å². The Morgan fingerprint density at radius 2 is 1.72 bits per heavy atom. The van der Waals surface area contributed by atoms with Crippen molar-refractivity contribution in [1.29, 1.82) is 0 Å². The first-order valence-electron chi connectivity index (χ1n) is 8.20. The lowest BCUT2D eigenvalue weighted by Crippen LogP contribution is -2.49. The lowest BCUT2D eigenvalue weighted by Gasteiger charge is -2.44. The summed E-state index contributed by atoms with van der Waals surface area (Å²) in [4.78, 5) is 18.7. The summed E-state index contributed by atoms with van der Waals surface area (Å²) in [7, 11) is 0. The number of thiophene rings is 1. The fourth-order valence-corrected chi connectivity index (χ4v) is 4.88. The number of fused-ring (bicyclic) bond motifs is 1. The number of nitrogens with zero attached hydrogens (tertiary/aromatic N) is 2. The van der Waals surface area contributed by atoms with Gasteiger partial charge in [0.2, 0.25) is 0 Å². The maximum Gasteiger partial charge on any atom is 0.262 e. The van der Waals surface area contributed by atoms with E-state index < -0.39 is 0 Å². The van der Waals surface area contributed by atoms with Gasteiger partial charge in [0.1, 0.15) is 6.17 Å². The van der Waals surface area contributed by atoms with Crippen LogP contribution >= 0.6 is 27.3 Å². The predicted octanol–water partition coefficient (Wildman–Crippen LogP) is 5.70. The van der Waals surface area contributed by atoms with Crippen molar-refractivity contribution in [2.75, 3.05) is 16.3 Å². The molecular weight excluding hydrogens is 396 g/mol. The summed E-state index contributed by atoms with van der Waals surface area (Å²) in [5.74, 6) is 0.0426. The Balaban J connectivity index is 1.94. The molecule has 1 unspecified atom stereocenters. The molecule has 2 heterocycles. The Kier molecular flexibility index (Phi) is 4.36. The zero-order valence-electron chi connectivity index (χ0n) is 13.7. The van der Waals surface area contributed by atoms with Gasteiger partial charge in [0.15, 0.2) is 0 Å². The van der Waals surface area contributed by atoms with Crippen LogP contribution in [0.25, 0.3) is 0 Å². The maximum absolute atomic E-state index is 13.4. The molecule has 3 aromatic rings. The van der Waals surface area contributed by atoms with Crippen molar-refractivity contribution < 1.29 is 4.79 Å². The minimum absolute atomic E-state index is 0.0426. The number of halogens is 1. The molecule has 0 radical (unpaired) electrons. The monoisotopic (exact) mass is 412 g/mol. The molecule has 0 saturated heterocycles. The summed E-state index contributed by atoms with van der Waals surface area (Å²) in [6, 6.07) is 21.9. The van der Waals surface area contributed by atoms with Crippen LogP contribution in [0.5, 0.6) is 0 Å². The number of amides is 1. The summed E-state index contributed by atoms with van der Waals surface area (Å²) in [6.45, 7) is 2.94. The summed E-state index contributed by atoms with van der Waals surface area (Å²) >= 11 is 5.23. The molecule has 0 spiro atoms. The molecule has 126 valence electrons. The summed E-state index contributed by atoms with van der Waals surface area (Å²) in [5, 5.41) is 0. The molecule has 1 aliphatic rings. The third-order valence-corrected chi connectivity index (χ3v) is 6.09. The van der Waals surface area contributed by atoms with E-state index in [0.29, 0.717) is 0 Å². The van der Waals surface area contributed by atoms with Gasteiger partial charge in [-0.05, 0) is 59.3 Å². The molecule has 2 aromatic carbocycles. The van der Waals surface area contributed by atoms with E-state index in [1.165, 1.54) is 0 Å². The first-order valence-corrected chi connectivity index (χ1v) is 9.81. The third-order valence-electron chi connectivity index (χ3n) is 4.43. The van der Waals surface area contributed by atoms with Gasteiger partial charge in [-0.2, -0.15) is 0 Å². The SMILES string of the molecule is CCN1c2ccccc2C(=O)N(c2ccccc2)C1c1ccc(Br)s1. The maximum atomic E-state index is 13.4. The number of carbonyl (C=O) groups is 1. The zero-order valence-corrected chi connectivity index (χ0v) is 16.1. The van der Waals surface area contributed by atoms with E-state index in [-0.39, 0.29) is 12.1 Å². The highest BCUT2D eigenvalue weighted by atomic mass is 79.9. The van der Waals surface area contributed by atoms with Crippen LogP contribution in [0, 0.1) is 0 Å². The zero-order chi connectivity index (χ0) is 17.4. The van der Waals surface area contributed by atoms with Crippen LogP contribution in [-0.4, -0.2) is 12.5 Å². The van der Waals surface area contributed by atoms with E-state index in [2.05, 4.69) is 33.8 Å². The molecular formula is C20H17BrN2OS. The van der Waals surface area contributed by atoms with Crippen molar-refractivity contribution in [2.24, 2.45) is 0 Å². The second-order valence-electron chi connectivity index (χ2n) is 5.83. The van der Waals surface area contributed by atoms with Crippen molar-refractivity contribution in [3.63, 3.8) is 0 Å². The Labute approximate surface area is 159 Å². The molecule has 1 amide bonds. The Hall–Kier alpha value is -2.11. The van der Waals surface area contributed by atoms with Crippen LogP contribution in [0.4, 0.5) is 11.4 Å². The van der Waals surface area contributed by atoms with Crippen LogP contribution in [0.2, 0.25) is 0 Å². The lowest BCUT2D eigenvalue weighted by molar-refractivity contribution is 0.0969. The average Bonchev–Trinajstić information content (AvgIpc) is 3.08. The molecule has 1 aliphatic heterocycles. The van der Waals surface area contributed by atoms with E-state index in [0.717, 1.165) is 32.1 Å². The Morgan fingerprint density at radius 3 is 2.40 bits per heavy atom. The van der Waals surface area contributed by atoms with Crippen LogP contribution < -0.4 is 9.80 Å². The lowest BCUT2D eigenvalue weighted by atomic mass is 10.0. The first-order chi connectivity index (χ1) is 12.2. The van der Waals surface area contributed by atoms with Gasteiger partial charge < -0.3 is 4.90 Å². The van der Waals surface area contributed by atoms with Gasteiger partial charge >= 0.3 is 0 Å². The number of para-hydroxylation sites is 2. The quantitative estimate of drug-likeness (QED) is 0.550. The van der Waals surface area contributed by atoms with Crippen LogP contribution in [0.3, 0.4) is 0 Å². The Morgan fingerprint density at radius 1 is 1.00 bits per heavy atom. The molecule has 4 rings (SSSR count). The standard InChI is InChI=1S/C20H17BrN2OS/c1-2-22-16-11-7-6-10-15(16)20(24)23(14-8-4-3-5-9-14)19(22)17-12-13-18(21)25-17/h3-13,19H,2H2,1H3. The number of benzene rings is 2. The highest BCUT2D eigenvalue weighted by Gasteiger charge is 2.39. The minimum Gasteiger partial charge on any atom is -0.346 e. The molecule has 0 bridgehead atoms. The topological polar surface area (TPSA) is 23.6 Å². The number of anilines is 2. The van der Waals surface area contributed by atoms with Crippen LogP contribution in [0.15, 0.2) is 70.5 Å². The van der Waals surface area contributed by atoms with E-state index in [1.807, 2.05) is 65.6 Å². The summed E-state index contributed by atoms with van der Waals surface area (Å²) < 4.78 is 1.07. The molecule has 0 aliphatic carbocycles. The van der Waals surface area contributed by atoms with Gasteiger partial charge in [-0.3, -0.25) is 9.69 Å². The van der Waals surface area contributed by atoms with E-state index >= 15 is 0 Å². The molecule has 1 aromatic heterocycles. The normalized spacial score (nSPS) is 16.9. The van der Waals surface area contributed by atoms with Crippen LogP contribution in [-0.2, 0) is 0 Å². The predicted molar refractivity (Wildman–Crippen MR) is 107 cm³/mol. The van der Waals surface area contributed by atoms with Gasteiger partial charge in [-0.1, -0.05) is 30.3 Å². The number of carbonyl (C=O) groups excluding carboxylic acids is 1. The van der Waals surface area contributed by atoms with Gasteiger partial charge in [0.25, 0.3) is 5.91 Å². The second-order valence-corrected chi connectivity index (χ2v) is 8.32. The van der Waals surface area contributed by atoms with Gasteiger partial charge in [0.05, 0.1) is 15.0 Å². The van der Waals surface area contributed by atoms with Crippen molar-refractivity contribution >= 4 is 44.5 Å². The molecule has 0 saturated carbocycles. The fourth-order valence-electron chi connectivity index (χ4n) is 3.36. The molecule has 1 atom stereocenters. The molecule has 25 heavy (non-hydrogen) atoms. The highest BCUT2D eigenvalue weighted by molar-refractivity contribution is 9.11. The van der Waals surface area contributed by atoms with Crippen molar-refractivity contribution in [3.05, 3.63) is 81.0 Å². The molecule has 0 N–H and O–H groups in total. The van der Waals surface area contributed by atoms with Gasteiger partial charge in [0, 0.05) is 17.1 Å². The average molecular weight is 413 g/mol.